The summed E-state index contributed by atoms with van der Waals surface area (Å²) in [6.07, 6.45) is 1.05. The summed E-state index contributed by atoms with van der Waals surface area (Å²) in [5.74, 6) is -0.200. The minimum atomic E-state index is -0.600. The second kappa shape index (κ2) is 3.00. The van der Waals surface area contributed by atoms with E-state index in [0.717, 1.165) is 6.20 Å². The summed E-state index contributed by atoms with van der Waals surface area (Å²) in [5.41, 5.74) is 0. The van der Waals surface area contributed by atoms with Gasteiger partial charge < -0.3 is 4.90 Å². The van der Waals surface area contributed by atoms with Gasteiger partial charge in [-0.05, 0) is 0 Å². The van der Waals surface area contributed by atoms with Crippen LogP contribution in [0.15, 0.2) is 6.20 Å². The van der Waals surface area contributed by atoms with Crippen LogP contribution >= 0.6 is 11.6 Å². The van der Waals surface area contributed by atoms with Gasteiger partial charge in [-0.15, -0.1) is 0 Å². The first-order chi connectivity index (χ1) is 5.11. The van der Waals surface area contributed by atoms with Crippen LogP contribution in [0.5, 0.6) is 0 Å². The van der Waals surface area contributed by atoms with E-state index in [1.54, 1.807) is 19.0 Å². The van der Waals surface area contributed by atoms with Crippen LogP contribution in [0.2, 0.25) is 5.15 Å². The van der Waals surface area contributed by atoms with Gasteiger partial charge in [0, 0.05) is 14.1 Å². The molecule has 1 rings (SSSR count). The predicted molar refractivity (Wildman–Crippen MR) is 41.3 cm³/mol. The molecule has 11 heavy (non-hydrogen) atoms. The summed E-state index contributed by atoms with van der Waals surface area (Å²) < 4.78 is 12.5. The lowest BCUT2D eigenvalue weighted by Gasteiger charge is -2.08. The molecule has 0 saturated heterocycles. The molecule has 0 spiro atoms. The summed E-state index contributed by atoms with van der Waals surface area (Å²) in [5, 5.41) is -0.149. The van der Waals surface area contributed by atoms with Crippen molar-refractivity contribution in [3.05, 3.63) is 17.2 Å². The Morgan fingerprint density at radius 2 is 2.18 bits per heavy atom. The summed E-state index contributed by atoms with van der Waals surface area (Å²) in [4.78, 5) is 9.02. The Labute approximate surface area is 68.8 Å². The van der Waals surface area contributed by atoms with Crippen molar-refractivity contribution < 1.29 is 4.39 Å². The third kappa shape index (κ3) is 1.77. The molecule has 0 amide bonds. The van der Waals surface area contributed by atoms with Crippen LogP contribution in [-0.2, 0) is 0 Å². The van der Waals surface area contributed by atoms with Crippen LogP contribution in [0.25, 0.3) is 0 Å². The van der Waals surface area contributed by atoms with Gasteiger partial charge in [0.05, 0.1) is 6.20 Å². The Bertz CT molecular complexity index is 264. The molecule has 0 radical (unpaired) electrons. The summed E-state index contributed by atoms with van der Waals surface area (Å²) in [7, 11) is 3.51. The molecule has 1 aromatic rings. The summed E-state index contributed by atoms with van der Waals surface area (Å²) in [6, 6.07) is 0. The SMILES string of the molecule is CN(C)c1ncc(F)c(Cl)n1. The molecule has 0 N–H and O–H groups in total. The van der Waals surface area contributed by atoms with Gasteiger partial charge in [-0.3, -0.25) is 0 Å². The number of anilines is 1. The molecule has 1 heterocycles. The van der Waals surface area contributed by atoms with E-state index < -0.39 is 5.82 Å². The van der Waals surface area contributed by atoms with E-state index in [1.165, 1.54) is 0 Å². The number of rotatable bonds is 1. The fourth-order valence-electron chi connectivity index (χ4n) is 0.553. The van der Waals surface area contributed by atoms with Gasteiger partial charge in [-0.25, -0.2) is 9.37 Å². The lowest BCUT2D eigenvalue weighted by molar-refractivity contribution is 0.613. The Kier molecular flexibility index (Phi) is 2.24. The van der Waals surface area contributed by atoms with E-state index in [1.807, 2.05) is 0 Å². The third-order valence-corrected chi connectivity index (χ3v) is 1.35. The highest BCUT2D eigenvalue weighted by molar-refractivity contribution is 6.29. The molecule has 0 unspecified atom stereocenters. The molecular formula is C6H7ClFN3. The molecule has 0 atom stereocenters. The molecule has 0 bridgehead atoms. The van der Waals surface area contributed by atoms with Crippen molar-refractivity contribution >= 4 is 17.5 Å². The number of hydrogen-bond donors (Lipinski definition) is 0. The molecule has 0 fully saturated rings. The van der Waals surface area contributed by atoms with Gasteiger partial charge in [-0.2, -0.15) is 4.98 Å². The zero-order chi connectivity index (χ0) is 8.43. The third-order valence-electron chi connectivity index (χ3n) is 1.09. The van der Waals surface area contributed by atoms with Crippen LogP contribution < -0.4 is 4.90 Å². The van der Waals surface area contributed by atoms with Gasteiger partial charge in [0.25, 0.3) is 0 Å². The van der Waals surface area contributed by atoms with Gasteiger partial charge in [-0.1, -0.05) is 11.6 Å². The lowest BCUT2D eigenvalue weighted by Crippen LogP contribution is -2.12. The Morgan fingerprint density at radius 3 is 2.64 bits per heavy atom. The van der Waals surface area contributed by atoms with Crippen LogP contribution in [0.3, 0.4) is 0 Å². The van der Waals surface area contributed by atoms with Gasteiger partial charge in [0.2, 0.25) is 5.95 Å². The van der Waals surface area contributed by atoms with Crippen molar-refractivity contribution in [2.75, 3.05) is 19.0 Å². The highest BCUT2D eigenvalue weighted by atomic mass is 35.5. The number of halogens is 2. The van der Waals surface area contributed by atoms with Gasteiger partial charge >= 0.3 is 0 Å². The van der Waals surface area contributed by atoms with Gasteiger partial charge in [0.15, 0.2) is 11.0 Å². The second-order valence-electron chi connectivity index (χ2n) is 2.20. The van der Waals surface area contributed by atoms with E-state index in [2.05, 4.69) is 9.97 Å². The summed E-state index contributed by atoms with van der Waals surface area (Å²) >= 11 is 5.41. The second-order valence-corrected chi connectivity index (χ2v) is 2.56. The Morgan fingerprint density at radius 1 is 1.55 bits per heavy atom. The minimum absolute atomic E-state index is 0.149. The molecule has 5 heteroatoms. The number of hydrogen-bond acceptors (Lipinski definition) is 3. The topological polar surface area (TPSA) is 29.0 Å². The van der Waals surface area contributed by atoms with Crippen molar-refractivity contribution in [3.63, 3.8) is 0 Å². The highest BCUT2D eigenvalue weighted by Gasteiger charge is 2.04. The molecule has 0 aliphatic heterocycles. The minimum Gasteiger partial charge on any atom is -0.347 e. The van der Waals surface area contributed by atoms with E-state index in [4.69, 9.17) is 11.6 Å². The normalized spacial score (nSPS) is 9.82. The number of nitrogens with zero attached hydrogens (tertiary/aromatic N) is 3. The van der Waals surface area contributed by atoms with E-state index in [9.17, 15) is 4.39 Å². The average Bonchev–Trinajstić information content (AvgIpc) is 1.94. The standard InChI is InChI=1S/C6H7ClFN3/c1-11(2)6-9-3-4(8)5(7)10-6/h3H,1-2H3. The van der Waals surface area contributed by atoms with Crippen molar-refractivity contribution in [2.45, 2.75) is 0 Å². The Hall–Kier alpha value is -0.900. The molecule has 60 valence electrons. The van der Waals surface area contributed by atoms with Crippen LogP contribution in [0.4, 0.5) is 10.3 Å². The zero-order valence-corrected chi connectivity index (χ0v) is 6.93. The van der Waals surface area contributed by atoms with Crippen molar-refractivity contribution in [1.29, 1.82) is 0 Å². The first-order valence-corrected chi connectivity index (χ1v) is 3.34. The fourth-order valence-corrected chi connectivity index (χ4v) is 0.678. The molecule has 0 saturated carbocycles. The van der Waals surface area contributed by atoms with Gasteiger partial charge in [0.1, 0.15) is 0 Å². The first kappa shape index (κ1) is 8.20. The Balaban J connectivity index is 3.05. The molecule has 0 aliphatic carbocycles. The maximum absolute atomic E-state index is 12.5. The molecule has 3 nitrogen and oxygen atoms in total. The smallest absolute Gasteiger partial charge is 0.226 e. The van der Waals surface area contributed by atoms with Crippen molar-refractivity contribution in [3.8, 4) is 0 Å². The highest BCUT2D eigenvalue weighted by Crippen LogP contribution is 2.12. The molecule has 1 aromatic heterocycles. The van der Waals surface area contributed by atoms with Crippen LogP contribution in [0, 0.1) is 5.82 Å². The quantitative estimate of drug-likeness (QED) is 0.603. The van der Waals surface area contributed by atoms with Crippen molar-refractivity contribution in [2.24, 2.45) is 0 Å². The van der Waals surface area contributed by atoms with Crippen LogP contribution in [-0.4, -0.2) is 24.1 Å². The maximum Gasteiger partial charge on any atom is 0.226 e. The van der Waals surface area contributed by atoms with E-state index in [-0.39, 0.29) is 5.15 Å². The number of aromatic nitrogens is 2. The van der Waals surface area contributed by atoms with E-state index in [0.29, 0.717) is 5.95 Å². The maximum atomic E-state index is 12.5. The van der Waals surface area contributed by atoms with Crippen LogP contribution in [0.1, 0.15) is 0 Å². The average molecular weight is 176 g/mol. The molecule has 0 aliphatic rings. The molecule has 0 aromatic carbocycles. The first-order valence-electron chi connectivity index (χ1n) is 2.96. The monoisotopic (exact) mass is 175 g/mol. The van der Waals surface area contributed by atoms with E-state index >= 15 is 0 Å². The largest absolute Gasteiger partial charge is 0.347 e. The van der Waals surface area contributed by atoms with Crippen molar-refractivity contribution in [1.82, 2.24) is 9.97 Å². The molecular weight excluding hydrogens is 169 g/mol. The zero-order valence-electron chi connectivity index (χ0n) is 6.17. The lowest BCUT2D eigenvalue weighted by atomic mass is 10.6. The predicted octanol–water partition coefficient (Wildman–Crippen LogP) is 1.34. The summed E-state index contributed by atoms with van der Waals surface area (Å²) in [6.45, 7) is 0. The fraction of sp³-hybridized carbons (Fsp3) is 0.333.